The molecule has 0 unspecified atom stereocenters. The lowest BCUT2D eigenvalue weighted by molar-refractivity contribution is -0.115. The van der Waals surface area contributed by atoms with E-state index >= 15 is 0 Å². The van der Waals surface area contributed by atoms with Crippen LogP contribution in [-0.4, -0.2) is 33.0 Å². The van der Waals surface area contributed by atoms with Crippen molar-refractivity contribution in [1.82, 2.24) is 14.8 Å². The zero-order valence-electron chi connectivity index (χ0n) is 18.0. The third kappa shape index (κ3) is 5.42. The zero-order valence-corrected chi connectivity index (χ0v) is 18.9. The molecule has 1 atom stereocenters. The summed E-state index contributed by atoms with van der Waals surface area (Å²) in [5.41, 5.74) is 2.94. The van der Waals surface area contributed by atoms with E-state index in [9.17, 15) is 4.79 Å². The van der Waals surface area contributed by atoms with Gasteiger partial charge in [-0.2, -0.15) is 0 Å². The number of amides is 1. The van der Waals surface area contributed by atoms with Gasteiger partial charge in [-0.15, -0.1) is 10.2 Å². The van der Waals surface area contributed by atoms with E-state index in [4.69, 9.17) is 4.74 Å². The summed E-state index contributed by atoms with van der Waals surface area (Å²) in [6.45, 7) is 9.05. The molecule has 0 aliphatic carbocycles. The summed E-state index contributed by atoms with van der Waals surface area (Å²) >= 11 is 1.42. The van der Waals surface area contributed by atoms with E-state index < -0.39 is 0 Å². The Labute approximate surface area is 182 Å². The summed E-state index contributed by atoms with van der Waals surface area (Å²) in [5, 5.41) is 12.2. The smallest absolute Gasteiger partial charge is 0.237 e. The van der Waals surface area contributed by atoms with Crippen molar-refractivity contribution in [2.75, 3.05) is 12.4 Å². The molecule has 1 heterocycles. The number of nitrogens with zero attached hydrogens (tertiary/aromatic N) is 3. The first-order valence-electron chi connectivity index (χ1n) is 9.99. The molecule has 2 aromatic carbocycles. The zero-order chi connectivity index (χ0) is 21.7. The number of thioether (sulfide) groups is 1. The van der Waals surface area contributed by atoms with Gasteiger partial charge in [-0.1, -0.05) is 49.4 Å². The number of anilines is 1. The molecule has 30 heavy (non-hydrogen) atoms. The fourth-order valence-electron chi connectivity index (χ4n) is 3.03. The van der Waals surface area contributed by atoms with Crippen LogP contribution in [0.2, 0.25) is 0 Å². The van der Waals surface area contributed by atoms with Gasteiger partial charge in [0.25, 0.3) is 0 Å². The Kier molecular flexibility index (Phi) is 7.15. The van der Waals surface area contributed by atoms with Crippen LogP contribution in [0, 0.1) is 12.8 Å². The SMILES string of the molecule is COc1ccc(NC(=O)[C@@H](C)Sc2nnc(-c3cccc(C)c3)n2CC(C)C)cc1. The standard InChI is InChI=1S/C23H28N4O2S/c1-15(2)14-27-21(18-8-6-7-16(3)13-18)25-26-23(27)30-17(4)22(28)24-19-9-11-20(29-5)12-10-19/h6-13,15,17H,14H2,1-5H3,(H,24,28)/t17-/m1/s1. The second kappa shape index (κ2) is 9.80. The average molecular weight is 425 g/mol. The number of rotatable bonds is 8. The topological polar surface area (TPSA) is 69.0 Å². The number of methoxy groups -OCH3 is 1. The van der Waals surface area contributed by atoms with Crippen LogP contribution >= 0.6 is 11.8 Å². The van der Waals surface area contributed by atoms with E-state index in [1.807, 2.05) is 43.3 Å². The highest BCUT2D eigenvalue weighted by molar-refractivity contribution is 8.00. The maximum absolute atomic E-state index is 12.7. The van der Waals surface area contributed by atoms with E-state index in [1.54, 1.807) is 7.11 Å². The lowest BCUT2D eigenvalue weighted by Crippen LogP contribution is -2.23. The van der Waals surface area contributed by atoms with Crippen molar-refractivity contribution in [2.45, 2.75) is 44.6 Å². The van der Waals surface area contributed by atoms with Crippen LogP contribution in [0.1, 0.15) is 26.3 Å². The second-order valence-electron chi connectivity index (χ2n) is 7.66. The lowest BCUT2D eigenvalue weighted by atomic mass is 10.1. The van der Waals surface area contributed by atoms with Gasteiger partial charge in [-0.25, -0.2) is 0 Å². The number of aryl methyl sites for hydroxylation is 1. The lowest BCUT2D eigenvalue weighted by Gasteiger charge is -2.15. The first kappa shape index (κ1) is 21.9. The van der Waals surface area contributed by atoms with Gasteiger partial charge >= 0.3 is 0 Å². The van der Waals surface area contributed by atoms with Crippen molar-refractivity contribution in [1.29, 1.82) is 0 Å². The summed E-state index contributed by atoms with van der Waals surface area (Å²) in [5.74, 6) is 1.92. The fraction of sp³-hybridized carbons (Fsp3) is 0.348. The Morgan fingerprint density at radius 3 is 2.50 bits per heavy atom. The van der Waals surface area contributed by atoms with Gasteiger partial charge in [0.05, 0.1) is 12.4 Å². The minimum Gasteiger partial charge on any atom is -0.497 e. The number of carbonyl (C=O) groups excluding carboxylic acids is 1. The van der Waals surface area contributed by atoms with Gasteiger partial charge in [0, 0.05) is 17.8 Å². The van der Waals surface area contributed by atoms with Crippen molar-refractivity contribution >= 4 is 23.4 Å². The summed E-state index contributed by atoms with van der Waals surface area (Å²) in [6.07, 6.45) is 0. The van der Waals surface area contributed by atoms with Gasteiger partial charge < -0.3 is 14.6 Å². The van der Waals surface area contributed by atoms with Gasteiger partial charge in [0.1, 0.15) is 5.75 Å². The first-order valence-corrected chi connectivity index (χ1v) is 10.9. The number of carbonyl (C=O) groups is 1. The van der Waals surface area contributed by atoms with Crippen molar-refractivity contribution in [2.24, 2.45) is 5.92 Å². The molecule has 0 aliphatic rings. The molecule has 0 fully saturated rings. The maximum Gasteiger partial charge on any atom is 0.237 e. The molecule has 3 aromatic rings. The molecule has 0 aliphatic heterocycles. The molecule has 7 heteroatoms. The Balaban J connectivity index is 1.78. The van der Waals surface area contributed by atoms with Crippen LogP contribution in [0.3, 0.4) is 0 Å². The quantitative estimate of drug-likeness (QED) is 0.513. The number of nitrogens with one attached hydrogen (secondary N) is 1. The Hall–Kier alpha value is -2.80. The van der Waals surface area contributed by atoms with E-state index in [2.05, 4.69) is 53.0 Å². The first-order chi connectivity index (χ1) is 14.4. The number of hydrogen-bond acceptors (Lipinski definition) is 5. The predicted octanol–water partition coefficient (Wildman–Crippen LogP) is 5.04. The molecule has 158 valence electrons. The summed E-state index contributed by atoms with van der Waals surface area (Å²) < 4.78 is 7.27. The Morgan fingerprint density at radius 2 is 1.87 bits per heavy atom. The third-order valence-electron chi connectivity index (χ3n) is 4.55. The molecule has 6 nitrogen and oxygen atoms in total. The third-order valence-corrected chi connectivity index (χ3v) is 5.63. The largest absolute Gasteiger partial charge is 0.497 e. The van der Waals surface area contributed by atoms with E-state index in [1.165, 1.54) is 17.3 Å². The Bertz CT molecular complexity index is 999. The predicted molar refractivity (Wildman–Crippen MR) is 122 cm³/mol. The minimum atomic E-state index is -0.326. The number of hydrogen-bond donors (Lipinski definition) is 1. The highest BCUT2D eigenvalue weighted by atomic mass is 32.2. The monoisotopic (exact) mass is 424 g/mol. The molecule has 1 aromatic heterocycles. The number of benzene rings is 2. The van der Waals surface area contributed by atoms with Crippen molar-refractivity contribution in [3.05, 3.63) is 54.1 Å². The van der Waals surface area contributed by atoms with Crippen LogP contribution in [0.5, 0.6) is 5.75 Å². The maximum atomic E-state index is 12.7. The molecular formula is C23H28N4O2S. The van der Waals surface area contributed by atoms with Gasteiger partial charge in [-0.3, -0.25) is 4.79 Å². The highest BCUT2D eigenvalue weighted by Gasteiger charge is 2.21. The molecule has 1 amide bonds. The van der Waals surface area contributed by atoms with Crippen LogP contribution in [-0.2, 0) is 11.3 Å². The number of ether oxygens (including phenoxy) is 1. The van der Waals surface area contributed by atoms with Crippen molar-refractivity contribution in [3.8, 4) is 17.1 Å². The number of aromatic nitrogens is 3. The van der Waals surface area contributed by atoms with Crippen LogP contribution in [0.15, 0.2) is 53.7 Å². The molecule has 0 spiro atoms. The molecule has 1 N–H and O–H groups in total. The van der Waals surface area contributed by atoms with Gasteiger partial charge in [0.15, 0.2) is 11.0 Å². The normalized spacial score (nSPS) is 12.1. The molecule has 0 radical (unpaired) electrons. The van der Waals surface area contributed by atoms with Crippen molar-refractivity contribution in [3.63, 3.8) is 0 Å². The van der Waals surface area contributed by atoms with Gasteiger partial charge in [0.2, 0.25) is 5.91 Å². The summed E-state index contributed by atoms with van der Waals surface area (Å²) in [7, 11) is 1.62. The molecule has 0 saturated heterocycles. The van der Waals surface area contributed by atoms with Crippen molar-refractivity contribution < 1.29 is 9.53 Å². The van der Waals surface area contributed by atoms with E-state index in [0.29, 0.717) is 5.92 Å². The van der Waals surface area contributed by atoms with E-state index in [-0.39, 0.29) is 11.2 Å². The van der Waals surface area contributed by atoms with Crippen LogP contribution in [0.25, 0.3) is 11.4 Å². The second-order valence-corrected chi connectivity index (χ2v) is 8.97. The molecular weight excluding hydrogens is 396 g/mol. The van der Waals surface area contributed by atoms with Crippen LogP contribution < -0.4 is 10.1 Å². The summed E-state index contributed by atoms with van der Waals surface area (Å²) in [6, 6.07) is 15.5. The fourth-order valence-corrected chi connectivity index (χ4v) is 3.89. The Morgan fingerprint density at radius 1 is 1.13 bits per heavy atom. The highest BCUT2D eigenvalue weighted by Crippen LogP contribution is 2.29. The van der Waals surface area contributed by atoms with Gasteiger partial charge in [-0.05, 0) is 50.1 Å². The molecule has 0 bridgehead atoms. The molecule has 0 saturated carbocycles. The summed E-state index contributed by atoms with van der Waals surface area (Å²) in [4.78, 5) is 12.7. The van der Waals surface area contributed by atoms with E-state index in [0.717, 1.165) is 34.5 Å². The minimum absolute atomic E-state index is 0.0821. The molecule has 3 rings (SSSR count). The van der Waals surface area contributed by atoms with Crippen LogP contribution in [0.4, 0.5) is 5.69 Å². The average Bonchev–Trinajstić information content (AvgIpc) is 3.10.